The van der Waals surface area contributed by atoms with E-state index in [1.165, 1.54) is 0 Å². The van der Waals surface area contributed by atoms with Gasteiger partial charge in [-0.3, -0.25) is 10.1 Å². The van der Waals surface area contributed by atoms with Gasteiger partial charge in [-0.05, 0) is 6.92 Å². The first-order valence-electron chi connectivity index (χ1n) is 5.07. The number of hydrogen-bond donors (Lipinski definition) is 1. The third kappa shape index (κ3) is 2.49. The molecule has 0 atom stereocenters. The Kier molecular flexibility index (Phi) is 4.13. The zero-order chi connectivity index (χ0) is 11.3. The van der Waals surface area contributed by atoms with Gasteiger partial charge in [0, 0.05) is 20.0 Å². The molecule has 1 aliphatic rings. The monoisotopic (exact) mass is 211 g/mol. The summed E-state index contributed by atoms with van der Waals surface area (Å²) in [6, 6.07) is 0. The Hall–Kier alpha value is -1.05. The number of hydrogen-bond acceptors (Lipinski definition) is 4. The topological polar surface area (TPSA) is 47.6 Å². The smallest absolute Gasteiger partial charge is 0.326 e. The van der Waals surface area contributed by atoms with Crippen molar-refractivity contribution in [1.82, 2.24) is 5.32 Å². The van der Waals surface area contributed by atoms with E-state index in [1.807, 2.05) is 0 Å². The molecule has 0 spiro atoms. The van der Waals surface area contributed by atoms with Gasteiger partial charge in [-0.15, -0.1) is 6.42 Å². The molecule has 84 valence electrons. The summed E-state index contributed by atoms with van der Waals surface area (Å²) in [6.45, 7) is 2.55. The average Bonchev–Trinajstić information content (AvgIpc) is 2.17. The number of rotatable bonds is 5. The summed E-state index contributed by atoms with van der Waals surface area (Å²) in [6.07, 6.45) is 6.54. The standard InChI is InChI=1S/C11H17NO3/c1-4-6-12-11(10(13)15-5-2)7-9(8-11)14-3/h1,9,12H,5-8H2,2-3H3. The van der Waals surface area contributed by atoms with Gasteiger partial charge in [0.1, 0.15) is 5.54 Å². The van der Waals surface area contributed by atoms with Gasteiger partial charge in [0.15, 0.2) is 0 Å². The van der Waals surface area contributed by atoms with Gasteiger partial charge in [-0.2, -0.15) is 0 Å². The molecule has 15 heavy (non-hydrogen) atoms. The molecule has 0 saturated heterocycles. The average molecular weight is 211 g/mol. The van der Waals surface area contributed by atoms with E-state index in [0.717, 1.165) is 0 Å². The number of esters is 1. The van der Waals surface area contributed by atoms with Crippen molar-refractivity contribution in [2.45, 2.75) is 31.4 Å². The summed E-state index contributed by atoms with van der Waals surface area (Å²) in [4.78, 5) is 11.7. The Balaban J connectivity index is 2.56. The lowest BCUT2D eigenvalue weighted by atomic mass is 9.74. The van der Waals surface area contributed by atoms with Gasteiger partial charge in [0.25, 0.3) is 0 Å². The molecule has 1 N–H and O–H groups in total. The van der Waals surface area contributed by atoms with Crippen LogP contribution in [0, 0.1) is 12.3 Å². The zero-order valence-corrected chi connectivity index (χ0v) is 9.21. The molecule has 4 nitrogen and oxygen atoms in total. The summed E-state index contributed by atoms with van der Waals surface area (Å²) in [5.41, 5.74) is -0.622. The lowest BCUT2D eigenvalue weighted by Gasteiger charge is -2.44. The van der Waals surface area contributed by atoms with Crippen molar-refractivity contribution in [3.05, 3.63) is 0 Å². The minimum absolute atomic E-state index is 0.125. The van der Waals surface area contributed by atoms with E-state index in [1.54, 1.807) is 14.0 Å². The quantitative estimate of drug-likeness (QED) is 0.525. The Labute approximate surface area is 90.3 Å². The van der Waals surface area contributed by atoms with Crippen LogP contribution in [0.2, 0.25) is 0 Å². The van der Waals surface area contributed by atoms with E-state index < -0.39 is 5.54 Å². The van der Waals surface area contributed by atoms with E-state index in [9.17, 15) is 4.79 Å². The van der Waals surface area contributed by atoms with E-state index in [2.05, 4.69) is 11.2 Å². The first-order chi connectivity index (χ1) is 7.18. The second-order valence-electron chi connectivity index (χ2n) is 3.63. The van der Waals surface area contributed by atoms with Crippen LogP contribution in [0.5, 0.6) is 0 Å². The number of methoxy groups -OCH3 is 1. The van der Waals surface area contributed by atoms with Crippen molar-refractivity contribution in [3.8, 4) is 12.3 Å². The molecule has 4 heteroatoms. The molecule has 1 fully saturated rings. The van der Waals surface area contributed by atoms with Gasteiger partial charge in [0.2, 0.25) is 0 Å². The number of ether oxygens (including phenoxy) is 2. The minimum atomic E-state index is -0.622. The SMILES string of the molecule is C#CCNC1(C(=O)OCC)CC(OC)C1. The molecule has 1 rings (SSSR count). The molecule has 0 unspecified atom stereocenters. The second kappa shape index (κ2) is 5.15. The molecule has 0 heterocycles. The Morgan fingerprint density at radius 3 is 2.80 bits per heavy atom. The molecule has 0 aromatic heterocycles. The third-order valence-electron chi connectivity index (χ3n) is 2.68. The maximum absolute atomic E-state index is 11.7. The molecular formula is C11H17NO3. The maximum atomic E-state index is 11.7. The number of carbonyl (C=O) groups excluding carboxylic acids is 1. The van der Waals surface area contributed by atoms with E-state index >= 15 is 0 Å². The first-order valence-corrected chi connectivity index (χ1v) is 5.07. The van der Waals surface area contributed by atoms with Gasteiger partial charge >= 0.3 is 5.97 Å². The van der Waals surface area contributed by atoms with Crippen molar-refractivity contribution < 1.29 is 14.3 Å². The Morgan fingerprint density at radius 1 is 1.67 bits per heavy atom. The van der Waals surface area contributed by atoms with Crippen LogP contribution in [0.3, 0.4) is 0 Å². The Bertz CT molecular complexity index is 263. The van der Waals surface area contributed by atoms with Crippen LogP contribution in [-0.2, 0) is 14.3 Å². The van der Waals surface area contributed by atoms with Gasteiger partial charge in [-0.25, -0.2) is 0 Å². The van der Waals surface area contributed by atoms with Crippen molar-refractivity contribution in [1.29, 1.82) is 0 Å². The molecule has 0 aromatic carbocycles. The van der Waals surface area contributed by atoms with Crippen molar-refractivity contribution in [2.75, 3.05) is 20.3 Å². The minimum Gasteiger partial charge on any atom is -0.465 e. The summed E-state index contributed by atoms with van der Waals surface area (Å²) >= 11 is 0. The molecule has 0 bridgehead atoms. The molecule has 0 radical (unpaired) electrons. The van der Waals surface area contributed by atoms with Crippen LogP contribution in [0.1, 0.15) is 19.8 Å². The highest BCUT2D eigenvalue weighted by Crippen LogP contribution is 2.35. The molecule has 0 aromatic rings. The van der Waals surface area contributed by atoms with Crippen LogP contribution < -0.4 is 5.32 Å². The zero-order valence-electron chi connectivity index (χ0n) is 9.21. The van der Waals surface area contributed by atoms with E-state index in [0.29, 0.717) is 26.0 Å². The lowest BCUT2D eigenvalue weighted by molar-refractivity contribution is -0.162. The van der Waals surface area contributed by atoms with Crippen LogP contribution in [0.15, 0.2) is 0 Å². The second-order valence-corrected chi connectivity index (χ2v) is 3.63. The fourth-order valence-corrected chi connectivity index (χ4v) is 1.76. The normalized spacial score (nSPS) is 29.0. The van der Waals surface area contributed by atoms with Crippen molar-refractivity contribution >= 4 is 5.97 Å². The molecule has 0 aliphatic heterocycles. The summed E-state index contributed by atoms with van der Waals surface area (Å²) < 4.78 is 10.2. The number of terminal acetylenes is 1. The predicted molar refractivity (Wildman–Crippen MR) is 56.2 cm³/mol. The summed E-state index contributed by atoms with van der Waals surface area (Å²) in [5, 5.41) is 3.04. The van der Waals surface area contributed by atoms with Gasteiger partial charge < -0.3 is 9.47 Å². The lowest BCUT2D eigenvalue weighted by Crippen LogP contribution is -2.63. The largest absolute Gasteiger partial charge is 0.465 e. The van der Waals surface area contributed by atoms with Crippen LogP contribution >= 0.6 is 0 Å². The summed E-state index contributed by atoms with van der Waals surface area (Å²) in [7, 11) is 1.64. The summed E-state index contributed by atoms with van der Waals surface area (Å²) in [5.74, 6) is 2.23. The fraction of sp³-hybridized carbons (Fsp3) is 0.727. The molecule has 0 amide bonds. The first kappa shape index (κ1) is 12.0. The molecular weight excluding hydrogens is 194 g/mol. The van der Waals surface area contributed by atoms with Crippen LogP contribution in [0.4, 0.5) is 0 Å². The van der Waals surface area contributed by atoms with Crippen molar-refractivity contribution in [3.63, 3.8) is 0 Å². The molecule has 1 aliphatic carbocycles. The Morgan fingerprint density at radius 2 is 2.33 bits per heavy atom. The highest BCUT2D eigenvalue weighted by Gasteiger charge is 2.51. The van der Waals surface area contributed by atoms with E-state index in [-0.39, 0.29) is 12.1 Å². The van der Waals surface area contributed by atoms with Crippen LogP contribution in [0.25, 0.3) is 0 Å². The van der Waals surface area contributed by atoms with E-state index in [4.69, 9.17) is 15.9 Å². The molecule has 1 saturated carbocycles. The highest BCUT2D eigenvalue weighted by atomic mass is 16.5. The van der Waals surface area contributed by atoms with Gasteiger partial charge in [-0.1, -0.05) is 5.92 Å². The number of carbonyl (C=O) groups is 1. The predicted octanol–water partition coefficient (Wildman–Crippen LogP) is 0.320. The van der Waals surface area contributed by atoms with Gasteiger partial charge in [0.05, 0.1) is 19.3 Å². The highest BCUT2D eigenvalue weighted by molar-refractivity contribution is 5.82. The van der Waals surface area contributed by atoms with Crippen molar-refractivity contribution in [2.24, 2.45) is 0 Å². The van der Waals surface area contributed by atoms with Crippen LogP contribution in [-0.4, -0.2) is 37.9 Å². The maximum Gasteiger partial charge on any atom is 0.326 e. The third-order valence-corrected chi connectivity index (χ3v) is 2.68. The number of nitrogens with one attached hydrogen (secondary N) is 1. The fourth-order valence-electron chi connectivity index (χ4n) is 1.76.